The number of carbonyl (C=O) groups excluding carboxylic acids is 3. The maximum atomic E-state index is 12.4. The van der Waals surface area contributed by atoms with Gasteiger partial charge in [0.2, 0.25) is 5.91 Å². The Morgan fingerprint density at radius 2 is 1.64 bits per heavy atom. The molecule has 0 spiro atoms. The molecule has 9 nitrogen and oxygen atoms in total. The van der Waals surface area contributed by atoms with E-state index in [1.54, 1.807) is 54.5 Å². The Bertz CT molecular complexity index is 1150. The number of aryl methyl sites for hydroxylation is 3. The first-order valence-electron chi connectivity index (χ1n) is 10.6. The lowest BCUT2D eigenvalue weighted by Crippen LogP contribution is -2.30. The zero-order chi connectivity index (χ0) is 24.0. The van der Waals surface area contributed by atoms with E-state index in [0.717, 1.165) is 17.5 Å². The van der Waals surface area contributed by atoms with Crippen LogP contribution in [0.3, 0.4) is 0 Å². The minimum absolute atomic E-state index is 0.152. The van der Waals surface area contributed by atoms with Crippen molar-refractivity contribution >= 4 is 34.9 Å². The van der Waals surface area contributed by atoms with E-state index in [2.05, 4.69) is 26.0 Å². The topological polar surface area (TPSA) is 118 Å². The summed E-state index contributed by atoms with van der Waals surface area (Å²) in [7, 11) is 0. The van der Waals surface area contributed by atoms with E-state index >= 15 is 0 Å². The lowest BCUT2D eigenvalue weighted by molar-refractivity contribution is -0.133. The third-order valence-corrected chi connectivity index (χ3v) is 4.89. The van der Waals surface area contributed by atoms with Gasteiger partial charge in [0.15, 0.2) is 5.82 Å². The Labute approximate surface area is 192 Å². The Morgan fingerprint density at radius 1 is 0.939 bits per heavy atom. The molecule has 0 saturated heterocycles. The van der Waals surface area contributed by atoms with E-state index in [-0.39, 0.29) is 11.7 Å². The third kappa shape index (κ3) is 6.73. The van der Waals surface area contributed by atoms with Crippen LogP contribution in [0.4, 0.5) is 17.2 Å². The molecule has 0 aliphatic rings. The number of aromatic nitrogens is 3. The Hall–Kier alpha value is -4.01. The Balaban J connectivity index is 1.57. The van der Waals surface area contributed by atoms with E-state index in [0.29, 0.717) is 17.9 Å². The second-order valence-electron chi connectivity index (χ2n) is 8.71. The normalized spacial score (nSPS) is 11.0. The molecule has 2 heterocycles. The number of pyridine rings is 1. The van der Waals surface area contributed by atoms with Crippen LogP contribution < -0.4 is 16.0 Å². The fourth-order valence-corrected chi connectivity index (χ4v) is 2.85. The number of hydrogen-bond acceptors (Lipinski definition) is 5. The van der Waals surface area contributed by atoms with Crippen molar-refractivity contribution in [3.63, 3.8) is 0 Å². The van der Waals surface area contributed by atoms with Crippen molar-refractivity contribution in [2.45, 2.75) is 40.7 Å². The number of benzene rings is 1. The minimum Gasteiger partial charge on any atom is -0.326 e. The van der Waals surface area contributed by atoms with E-state index in [1.165, 1.54) is 0 Å². The predicted octanol–water partition coefficient (Wildman–Crippen LogP) is 3.39. The molecule has 9 heteroatoms. The van der Waals surface area contributed by atoms with Gasteiger partial charge in [-0.1, -0.05) is 26.8 Å². The summed E-state index contributed by atoms with van der Waals surface area (Å²) in [6, 6.07) is 10.6. The minimum atomic E-state index is -0.835. The quantitative estimate of drug-likeness (QED) is 0.500. The second kappa shape index (κ2) is 10.1. The van der Waals surface area contributed by atoms with Crippen LogP contribution in [0.25, 0.3) is 0 Å². The average Bonchev–Trinajstić information content (AvgIpc) is 3.21. The Morgan fingerprint density at radius 3 is 2.33 bits per heavy atom. The molecular formula is C24H28N6O3. The zero-order valence-electron chi connectivity index (χ0n) is 19.2. The van der Waals surface area contributed by atoms with Crippen LogP contribution in [-0.4, -0.2) is 32.5 Å². The van der Waals surface area contributed by atoms with Crippen LogP contribution in [-0.2, 0) is 27.3 Å². The smallest absolute Gasteiger partial charge is 0.315 e. The van der Waals surface area contributed by atoms with E-state index in [4.69, 9.17) is 0 Å². The molecule has 172 valence electrons. The lowest BCUT2D eigenvalue weighted by atomic mass is 9.95. The van der Waals surface area contributed by atoms with Crippen LogP contribution in [0, 0.1) is 12.3 Å². The molecule has 0 saturated carbocycles. The maximum absolute atomic E-state index is 12.4. The summed E-state index contributed by atoms with van der Waals surface area (Å²) in [4.78, 5) is 41.0. The van der Waals surface area contributed by atoms with Crippen LogP contribution in [0.1, 0.15) is 31.9 Å². The number of rotatable bonds is 6. The molecule has 0 fully saturated rings. The number of nitrogens with zero attached hydrogens (tertiary/aromatic N) is 3. The lowest BCUT2D eigenvalue weighted by Gasteiger charge is -2.18. The summed E-state index contributed by atoms with van der Waals surface area (Å²) in [6.45, 7) is 7.85. The van der Waals surface area contributed by atoms with Crippen LogP contribution in [0.15, 0.2) is 55.0 Å². The first-order valence-corrected chi connectivity index (χ1v) is 10.6. The second-order valence-corrected chi connectivity index (χ2v) is 8.71. The van der Waals surface area contributed by atoms with Gasteiger partial charge >= 0.3 is 11.8 Å². The zero-order valence-corrected chi connectivity index (χ0v) is 19.2. The average molecular weight is 449 g/mol. The molecule has 0 bridgehead atoms. The van der Waals surface area contributed by atoms with Gasteiger partial charge in [0.25, 0.3) is 0 Å². The highest BCUT2D eigenvalue weighted by Gasteiger charge is 2.22. The number of hydrogen-bond donors (Lipinski definition) is 3. The summed E-state index contributed by atoms with van der Waals surface area (Å²) in [6.07, 6.45) is 5.97. The van der Waals surface area contributed by atoms with Gasteiger partial charge in [0, 0.05) is 48.0 Å². The standard InChI is InChI=1S/C24H28N6O3/c1-16-5-6-18(26-23(33)24(2,3)4)15-19(16)27-21(31)22(32)28-20-10-14-30(29-20)13-9-17-7-11-25-12-8-17/h5-8,10-12,14-15H,9,13H2,1-4H3,(H,26,33)(H,27,31)(H,28,29,32). The maximum Gasteiger partial charge on any atom is 0.315 e. The molecule has 1 aromatic carbocycles. The number of carbonyl (C=O) groups is 3. The summed E-state index contributed by atoms with van der Waals surface area (Å²) in [5.41, 5.74) is 2.29. The van der Waals surface area contributed by atoms with Crippen molar-refractivity contribution in [3.8, 4) is 0 Å². The summed E-state index contributed by atoms with van der Waals surface area (Å²) in [5, 5.41) is 12.2. The molecule has 3 aromatic rings. The molecule has 33 heavy (non-hydrogen) atoms. The van der Waals surface area contributed by atoms with Gasteiger partial charge in [-0.25, -0.2) is 0 Å². The molecule has 3 rings (SSSR count). The first kappa shape index (κ1) is 23.6. The van der Waals surface area contributed by atoms with E-state index in [9.17, 15) is 14.4 Å². The van der Waals surface area contributed by atoms with E-state index in [1.807, 2.05) is 32.9 Å². The van der Waals surface area contributed by atoms with Crippen LogP contribution in [0.2, 0.25) is 0 Å². The fourth-order valence-electron chi connectivity index (χ4n) is 2.85. The number of amides is 3. The summed E-state index contributed by atoms with van der Waals surface area (Å²) in [5.74, 6) is -1.53. The number of nitrogens with one attached hydrogen (secondary N) is 3. The summed E-state index contributed by atoms with van der Waals surface area (Å²) >= 11 is 0. The highest BCUT2D eigenvalue weighted by Crippen LogP contribution is 2.23. The SMILES string of the molecule is Cc1ccc(NC(=O)C(C)(C)C)cc1NC(=O)C(=O)Nc1ccn(CCc2ccncc2)n1. The van der Waals surface area contributed by atoms with Crippen LogP contribution >= 0.6 is 0 Å². The van der Waals surface area contributed by atoms with Crippen molar-refractivity contribution in [1.29, 1.82) is 0 Å². The highest BCUT2D eigenvalue weighted by atomic mass is 16.2. The predicted molar refractivity (Wildman–Crippen MR) is 127 cm³/mol. The van der Waals surface area contributed by atoms with Gasteiger partial charge in [-0.15, -0.1) is 0 Å². The molecule has 0 aliphatic heterocycles. The van der Waals surface area contributed by atoms with Gasteiger partial charge in [-0.3, -0.25) is 24.0 Å². The monoisotopic (exact) mass is 448 g/mol. The van der Waals surface area contributed by atoms with E-state index < -0.39 is 17.2 Å². The molecule has 0 atom stereocenters. The fraction of sp³-hybridized carbons (Fsp3) is 0.292. The third-order valence-electron chi connectivity index (χ3n) is 4.89. The first-order chi connectivity index (χ1) is 15.6. The van der Waals surface area contributed by atoms with Crippen molar-refractivity contribution < 1.29 is 14.4 Å². The van der Waals surface area contributed by atoms with Gasteiger partial charge < -0.3 is 16.0 Å². The van der Waals surface area contributed by atoms with Gasteiger partial charge in [0.1, 0.15) is 0 Å². The summed E-state index contributed by atoms with van der Waals surface area (Å²) < 4.78 is 1.69. The molecule has 0 unspecified atom stereocenters. The van der Waals surface area contributed by atoms with Crippen molar-refractivity contribution in [1.82, 2.24) is 14.8 Å². The molecular weight excluding hydrogens is 420 g/mol. The van der Waals surface area contributed by atoms with Gasteiger partial charge in [0.05, 0.1) is 0 Å². The number of anilines is 3. The Kier molecular flexibility index (Phi) is 7.22. The molecule has 3 N–H and O–H groups in total. The highest BCUT2D eigenvalue weighted by molar-refractivity contribution is 6.43. The molecule has 0 radical (unpaired) electrons. The molecule has 0 aliphatic carbocycles. The van der Waals surface area contributed by atoms with Gasteiger partial charge in [-0.05, 0) is 48.7 Å². The molecule has 3 amide bonds. The van der Waals surface area contributed by atoms with Gasteiger partial charge in [-0.2, -0.15) is 5.10 Å². The van der Waals surface area contributed by atoms with Crippen molar-refractivity contribution in [2.24, 2.45) is 5.41 Å². The molecule has 2 aromatic heterocycles. The largest absolute Gasteiger partial charge is 0.326 e. The van der Waals surface area contributed by atoms with Crippen LogP contribution in [0.5, 0.6) is 0 Å². The van der Waals surface area contributed by atoms with Crippen molar-refractivity contribution in [3.05, 3.63) is 66.1 Å². The van der Waals surface area contributed by atoms with Crippen molar-refractivity contribution in [2.75, 3.05) is 16.0 Å².